The molecular weight excluding hydrogens is 536 g/mol. The molecule has 0 radical (unpaired) electrons. The van der Waals surface area contributed by atoms with Crippen molar-refractivity contribution in [2.45, 2.75) is 0 Å². The molecule has 8 aromatic rings. The molecule has 7 aromatic carbocycles. The first-order chi connectivity index (χ1) is 21.8. The van der Waals surface area contributed by atoms with Crippen LogP contribution in [0.5, 0.6) is 0 Å². The third-order valence-electron chi connectivity index (χ3n) is 8.11. The van der Waals surface area contributed by atoms with Crippen LogP contribution in [-0.4, -0.2) is 4.98 Å². The van der Waals surface area contributed by atoms with E-state index in [0.717, 1.165) is 44.5 Å². The van der Waals surface area contributed by atoms with Gasteiger partial charge in [0.1, 0.15) is 5.52 Å². The van der Waals surface area contributed by atoms with Crippen molar-refractivity contribution in [3.63, 3.8) is 0 Å². The highest BCUT2D eigenvalue weighted by Crippen LogP contribution is 2.43. The predicted octanol–water partition coefficient (Wildman–Crippen LogP) is 11.5. The number of hydrogen-bond acceptors (Lipinski definition) is 3. The van der Waals surface area contributed by atoms with Gasteiger partial charge in [-0.1, -0.05) is 121 Å². The van der Waals surface area contributed by atoms with E-state index in [1.807, 2.05) is 48.5 Å². The van der Waals surface area contributed by atoms with E-state index in [2.05, 4.69) is 126 Å². The Labute approximate surface area is 256 Å². The molecule has 8 rings (SSSR count). The van der Waals surface area contributed by atoms with Crippen molar-refractivity contribution in [2.75, 3.05) is 4.90 Å². The van der Waals surface area contributed by atoms with Crippen LogP contribution in [-0.2, 0) is 0 Å². The van der Waals surface area contributed by atoms with Crippen LogP contribution >= 0.6 is 0 Å². The van der Waals surface area contributed by atoms with Gasteiger partial charge in [0, 0.05) is 22.3 Å². The first kappa shape index (κ1) is 25.8. The fourth-order valence-corrected chi connectivity index (χ4v) is 5.93. The molecule has 208 valence electrons. The van der Waals surface area contributed by atoms with Gasteiger partial charge in [0.25, 0.3) is 0 Å². The summed E-state index contributed by atoms with van der Waals surface area (Å²) in [5.41, 5.74) is 10.5. The first-order valence-electron chi connectivity index (χ1n) is 14.8. The highest BCUT2D eigenvalue weighted by atomic mass is 16.3. The fourth-order valence-electron chi connectivity index (χ4n) is 5.93. The number of anilines is 3. The molecule has 0 bridgehead atoms. The van der Waals surface area contributed by atoms with Crippen LogP contribution in [0.4, 0.5) is 17.1 Å². The average molecular weight is 565 g/mol. The largest absolute Gasteiger partial charge is 0.436 e. The van der Waals surface area contributed by atoms with E-state index < -0.39 is 0 Å². The number of hydrogen-bond donors (Lipinski definition) is 0. The number of aromatic nitrogens is 1. The van der Waals surface area contributed by atoms with Crippen molar-refractivity contribution in [1.29, 1.82) is 0 Å². The van der Waals surface area contributed by atoms with Gasteiger partial charge in [0.15, 0.2) is 5.58 Å². The van der Waals surface area contributed by atoms with Crippen LogP contribution in [0.15, 0.2) is 174 Å². The Balaban J connectivity index is 1.32. The Morgan fingerprint density at radius 2 is 0.909 bits per heavy atom. The van der Waals surface area contributed by atoms with Crippen LogP contribution in [0.2, 0.25) is 0 Å². The summed E-state index contributed by atoms with van der Waals surface area (Å²) in [7, 11) is 0. The SMILES string of the molecule is c1ccc(-c2ccc(N(c3ccc(-c4ccccc4)cc3)c3cccc4ccc5oc(-c6ccccc6)nc5c34)cc2)cc1. The van der Waals surface area contributed by atoms with Crippen LogP contribution in [0.25, 0.3) is 55.6 Å². The second-order valence-electron chi connectivity index (χ2n) is 10.8. The van der Waals surface area contributed by atoms with E-state index in [1.165, 1.54) is 22.3 Å². The van der Waals surface area contributed by atoms with Gasteiger partial charge in [-0.05, 0) is 76.2 Å². The van der Waals surface area contributed by atoms with Gasteiger partial charge in [0.05, 0.1) is 5.69 Å². The third-order valence-corrected chi connectivity index (χ3v) is 8.11. The molecule has 0 aliphatic heterocycles. The maximum Gasteiger partial charge on any atom is 0.227 e. The molecule has 0 aliphatic carbocycles. The number of rotatable bonds is 6. The van der Waals surface area contributed by atoms with Gasteiger partial charge >= 0.3 is 0 Å². The van der Waals surface area contributed by atoms with Crippen molar-refractivity contribution in [3.05, 3.63) is 170 Å². The summed E-state index contributed by atoms with van der Waals surface area (Å²) in [6.07, 6.45) is 0. The quantitative estimate of drug-likeness (QED) is 0.201. The third kappa shape index (κ3) is 4.71. The van der Waals surface area contributed by atoms with E-state index in [0.29, 0.717) is 5.89 Å². The first-order valence-corrected chi connectivity index (χ1v) is 14.8. The van der Waals surface area contributed by atoms with Crippen LogP contribution < -0.4 is 4.90 Å². The molecule has 1 heterocycles. The minimum absolute atomic E-state index is 0.619. The van der Waals surface area contributed by atoms with Crippen molar-refractivity contribution >= 4 is 38.9 Å². The minimum Gasteiger partial charge on any atom is -0.436 e. The molecule has 0 atom stereocenters. The summed E-state index contributed by atoms with van der Waals surface area (Å²) >= 11 is 0. The average Bonchev–Trinajstić information content (AvgIpc) is 3.55. The maximum absolute atomic E-state index is 6.31. The smallest absolute Gasteiger partial charge is 0.227 e. The Bertz CT molecular complexity index is 2100. The molecule has 0 N–H and O–H groups in total. The second kappa shape index (κ2) is 11.0. The van der Waals surface area contributed by atoms with Crippen LogP contribution in [0.1, 0.15) is 0 Å². The standard InChI is InChI=1S/C41H28N2O/c1-4-11-29(12-5-1)31-19-24-35(25-20-31)43(36-26-21-32(22-27-36)30-13-6-2-7-14-30)37-18-10-17-33-23-28-38-40(39(33)37)42-41(44-38)34-15-8-3-9-16-34/h1-28H. The summed E-state index contributed by atoms with van der Waals surface area (Å²) in [5.74, 6) is 0.619. The number of fused-ring (bicyclic) bond motifs is 3. The van der Waals surface area contributed by atoms with Gasteiger partial charge in [0.2, 0.25) is 5.89 Å². The van der Waals surface area contributed by atoms with Crippen molar-refractivity contribution < 1.29 is 4.42 Å². The second-order valence-corrected chi connectivity index (χ2v) is 10.8. The zero-order valence-electron chi connectivity index (χ0n) is 24.0. The Morgan fingerprint density at radius 1 is 0.409 bits per heavy atom. The molecule has 0 unspecified atom stereocenters. The number of oxazole rings is 1. The zero-order chi connectivity index (χ0) is 29.3. The van der Waals surface area contributed by atoms with Gasteiger partial charge in [-0.3, -0.25) is 0 Å². The molecule has 3 nitrogen and oxygen atoms in total. The minimum atomic E-state index is 0.619. The van der Waals surface area contributed by atoms with Crippen molar-refractivity contribution in [2.24, 2.45) is 0 Å². The lowest BCUT2D eigenvalue weighted by Crippen LogP contribution is -2.10. The molecule has 0 spiro atoms. The molecular formula is C41H28N2O. The van der Waals surface area contributed by atoms with E-state index in [4.69, 9.17) is 9.40 Å². The number of nitrogens with zero attached hydrogens (tertiary/aromatic N) is 2. The summed E-state index contributed by atoms with van der Waals surface area (Å²) < 4.78 is 6.31. The lowest BCUT2D eigenvalue weighted by Gasteiger charge is -2.27. The van der Waals surface area contributed by atoms with Crippen LogP contribution in [0, 0.1) is 0 Å². The molecule has 3 heteroatoms. The Kier molecular flexibility index (Phi) is 6.47. The fraction of sp³-hybridized carbons (Fsp3) is 0. The molecule has 0 amide bonds. The normalized spacial score (nSPS) is 11.2. The molecule has 0 aliphatic rings. The zero-order valence-corrected chi connectivity index (χ0v) is 24.0. The number of benzene rings is 7. The maximum atomic E-state index is 6.31. The summed E-state index contributed by atoms with van der Waals surface area (Å²) in [4.78, 5) is 7.38. The lowest BCUT2D eigenvalue weighted by atomic mass is 10.0. The molecule has 44 heavy (non-hydrogen) atoms. The summed E-state index contributed by atoms with van der Waals surface area (Å²) in [6, 6.07) is 59.2. The van der Waals surface area contributed by atoms with E-state index in [1.54, 1.807) is 0 Å². The van der Waals surface area contributed by atoms with E-state index in [9.17, 15) is 0 Å². The van der Waals surface area contributed by atoms with Crippen molar-refractivity contribution in [3.8, 4) is 33.7 Å². The monoisotopic (exact) mass is 564 g/mol. The van der Waals surface area contributed by atoms with Gasteiger partial charge in [-0.25, -0.2) is 4.98 Å². The van der Waals surface area contributed by atoms with Crippen LogP contribution in [0.3, 0.4) is 0 Å². The van der Waals surface area contributed by atoms with Gasteiger partial charge in [-0.2, -0.15) is 0 Å². The van der Waals surface area contributed by atoms with Gasteiger partial charge < -0.3 is 9.32 Å². The highest BCUT2D eigenvalue weighted by molar-refractivity contribution is 6.12. The highest BCUT2D eigenvalue weighted by Gasteiger charge is 2.20. The lowest BCUT2D eigenvalue weighted by molar-refractivity contribution is 0.620. The topological polar surface area (TPSA) is 29.3 Å². The molecule has 0 saturated heterocycles. The predicted molar refractivity (Wildman–Crippen MR) is 183 cm³/mol. The Hall–Kier alpha value is -5.93. The van der Waals surface area contributed by atoms with E-state index in [-0.39, 0.29) is 0 Å². The molecule has 1 aromatic heterocycles. The van der Waals surface area contributed by atoms with E-state index >= 15 is 0 Å². The molecule has 0 saturated carbocycles. The van der Waals surface area contributed by atoms with Crippen molar-refractivity contribution in [1.82, 2.24) is 4.98 Å². The van der Waals surface area contributed by atoms with Gasteiger partial charge in [-0.15, -0.1) is 0 Å². The summed E-state index contributed by atoms with van der Waals surface area (Å²) in [5, 5.41) is 2.16. The summed E-state index contributed by atoms with van der Waals surface area (Å²) in [6.45, 7) is 0. The Morgan fingerprint density at radius 3 is 1.45 bits per heavy atom. The molecule has 0 fully saturated rings.